The molecule has 0 spiro atoms. The molecule has 5 rings (SSSR count). The first kappa shape index (κ1) is 26.4. The lowest BCUT2D eigenvalue weighted by Crippen LogP contribution is -2.24. The highest BCUT2D eigenvalue weighted by molar-refractivity contribution is 5.67. The zero-order chi connectivity index (χ0) is 27.7. The molecule has 0 unspecified atom stereocenters. The van der Waals surface area contributed by atoms with E-state index in [9.17, 15) is 0 Å². The minimum atomic E-state index is -0.343. The van der Waals surface area contributed by atoms with Gasteiger partial charge >= 0.3 is 0 Å². The van der Waals surface area contributed by atoms with Crippen LogP contribution in [-0.2, 0) is 21.7 Å². The van der Waals surface area contributed by atoms with Gasteiger partial charge in [0.2, 0.25) is 0 Å². The van der Waals surface area contributed by atoms with E-state index in [-0.39, 0.29) is 21.7 Å². The quantitative estimate of drug-likeness (QED) is 0.239. The molecule has 0 amide bonds. The first-order valence-electron chi connectivity index (χ1n) is 13.8. The van der Waals surface area contributed by atoms with Crippen LogP contribution in [0.4, 0.5) is 0 Å². The third kappa shape index (κ3) is 4.59. The van der Waals surface area contributed by atoms with E-state index in [1.165, 1.54) is 33.4 Å². The van der Waals surface area contributed by atoms with Crippen LogP contribution in [0.15, 0.2) is 72.8 Å². The maximum Gasteiger partial charge on any atom is 0.0705 e. The summed E-state index contributed by atoms with van der Waals surface area (Å²) < 4.78 is 0. The first-order valence-corrected chi connectivity index (χ1v) is 13.8. The molecule has 1 aliphatic heterocycles. The second kappa shape index (κ2) is 8.63. The average molecular weight is 503 g/mol. The number of rotatable bonds is 0. The van der Waals surface area contributed by atoms with E-state index < -0.39 is 0 Å². The SMILES string of the molecule is CC(C)(C)c1cc2cc(c1)C(C)(C)c1cc(cc(C(C)(C)C)c1)-c1cccc(n1)C(C)(C)c1cccc-2n1. The molecule has 2 aromatic carbocycles. The Hall–Kier alpha value is -3.26. The van der Waals surface area contributed by atoms with Gasteiger partial charge in [0.25, 0.3) is 0 Å². The van der Waals surface area contributed by atoms with Gasteiger partial charge in [0.05, 0.1) is 22.8 Å². The summed E-state index contributed by atoms with van der Waals surface area (Å²) in [6.07, 6.45) is 0. The predicted octanol–water partition coefficient (Wildman–Crippen LogP) is 9.37. The summed E-state index contributed by atoms with van der Waals surface area (Å²) in [4.78, 5) is 10.5. The maximum absolute atomic E-state index is 5.25. The Kier molecular flexibility index (Phi) is 5.98. The molecule has 38 heavy (non-hydrogen) atoms. The molecule has 1 aliphatic rings. The molecule has 2 heteroatoms. The number of hydrogen-bond acceptors (Lipinski definition) is 2. The number of nitrogens with zero attached hydrogens (tertiary/aromatic N) is 2. The fourth-order valence-electron chi connectivity index (χ4n) is 5.32. The molecule has 2 nitrogen and oxygen atoms in total. The van der Waals surface area contributed by atoms with Gasteiger partial charge in [0, 0.05) is 22.0 Å². The van der Waals surface area contributed by atoms with Crippen LogP contribution >= 0.6 is 0 Å². The minimum absolute atomic E-state index is 0.0168. The summed E-state index contributed by atoms with van der Waals surface area (Å²) in [6.45, 7) is 22.9. The largest absolute Gasteiger partial charge is 0.252 e. The Balaban J connectivity index is 1.92. The summed E-state index contributed by atoms with van der Waals surface area (Å²) in [5, 5.41) is 0. The fourth-order valence-corrected chi connectivity index (χ4v) is 5.32. The highest BCUT2D eigenvalue weighted by atomic mass is 14.8. The molecule has 4 aromatic rings. The van der Waals surface area contributed by atoms with Gasteiger partial charge < -0.3 is 0 Å². The van der Waals surface area contributed by atoms with Crippen molar-refractivity contribution in [3.8, 4) is 22.5 Å². The number of pyridine rings is 2. The Morgan fingerprint density at radius 1 is 0.500 bits per heavy atom. The molecular formula is C36H42N2. The molecule has 2 aromatic heterocycles. The molecule has 3 heterocycles. The number of aromatic nitrogens is 2. The zero-order valence-electron chi connectivity index (χ0n) is 24.8. The van der Waals surface area contributed by atoms with Crippen LogP contribution in [0, 0.1) is 0 Å². The van der Waals surface area contributed by atoms with Crippen molar-refractivity contribution in [1.29, 1.82) is 0 Å². The van der Waals surface area contributed by atoms with E-state index in [0.29, 0.717) is 0 Å². The van der Waals surface area contributed by atoms with E-state index in [0.717, 1.165) is 22.8 Å². The zero-order valence-corrected chi connectivity index (χ0v) is 24.8. The van der Waals surface area contributed by atoms with Crippen molar-refractivity contribution < 1.29 is 0 Å². The molecular weight excluding hydrogens is 460 g/mol. The van der Waals surface area contributed by atoms with Crippen molar-refractivity contribution in [3.63, 3.8) is 0 Å². The lowest BCUT2D eigenvalue weighted by atomic mass is 9.72. The van der Waals surface area contributed by atoms with Gasteiger partial charge in [-0.1, -0.05) is 79.7 Å². The molecule has 8 bridgehead atoms. The highest BCUT2D eigenvalue weighted by Crippen LogP contribution is 2.41. The van der Waals surface area contributed by atoms with Crippen molar-refractivity contribution in [2.24, 2.45) is 0 Å². The fraction of sp³-hybridized carbons (Fsp3) is 0.389. The van der Waals surface area contributed by atoms with Crippen molar-refractivity contribution in [2.75, 3.05) is 0 Å². The Morgan fingerprint density at radius 3 is 1.26 bits per heavy atom. The normalized spacial score (nSPS) is 16.1. The molecule has 0 fully saturated rings. The summed E-state index contributed by atoms with van der Waals surface area (Å²) in [6, 6.07) is 27.1. The van der Waals surface area contributed by atoms with Crippen LogP contribution in [0.5, 0.6) is 0 Å². The van der Waals surface area contributed by atoms with Gasteiger partial charge in [0.15, 0.2) is 0 Å². The summed E-state index contributed by atoms with van der Waals surface area (Å²) >= 11 is 0. The maximum atomic E-state index is 5.25. The van der Waals surface area contributed by atoms with E-state index in [1.54, 1.807) is 0 Å². The van der Waals surface area contributed by atoms with Crippen molar-refractivity contribution in [2.45, 2.75) is 90.9 Å². The first-order chi connectivity index (χ1) is 17.6. The van der Waals surface area contributed by atoms with Crippen LogP contribution in [0.25, 0.3) is 22.5 Å². The smallest absolute Gasteiger partial charge is 0.0705 e. The average Bonchev–Trinajstić information content (AvgIpc) is 2.87. The Bertz CT molecular complexity index is 1410. The molecule has 0 radical (unpaired) electrons. The van der Waals surface area contributed by atoms with Crippen molar-refractivity contribution in [3.05, 3.63) is 106 Å². The van der Waals surface area contributed by atoms with Gasteiger partial charge in [-0.05, 0) is 95.5 Å². The highest BCUT2D eigenvalue weighted by Gasteiger charge is 2.31. The molecule has 0 saturated carbocycles. The summed E-state index contributed by atoms with van der Waals surface area (Å²) in [7, 11) is 0. The lowest BCUT2D eigenvalue weighted by molar-refractivity contribution is 0.575. The number of benzene rings is 2. The molecule has 0 N–H and O–H groups in total. The monoisotopic (exact) mass is 502 g/mol. The topological polar surface area (TPSA) is 25.8 Å². The van der Waals surface area contributed by atoms with Crippen LogP contribution in [0.1, 0.15) is 103 Å². The van der Waals surface area contributed by atoms with Gasteiger partial charge in [-0.2, -0.15) is 0 Å². The molecule has 0 aliphatic carbocycles. The standard InChI is InChI=1S/C36H42N2/c1-33(2,3)25-17-23-19-27(21-25)35(7,8)28-20-24(18-26(22-28)34(4,5)6)30-14-12-16-32(38-30)36(9,10)31-15-11-13-29(23)37-31/h11-22H,1-10H3. The lowest BCUT2D eigenvalue weighted by Gasteiger charge is -2.32. The summed E-state index contributed by atoms with van der Waals surface area (Å²) in [5.74, 6) is 0. The van der Waals surface area contributed by atoms with Crippen LogP contribution in [0.3, 0.4) is 0 Å². The van der Waals surface area contributed by atoms with Crippen molar-refractivity contribution in [1.82, 2.24) is 9.97 Å². The van der Waals surface area contributed by atoms with E-state index >= 15 is 0 Å². The third-order valence-corrected chi connectivity index (χ3v) is 8.41. The van der Waals surface area contributed by atoms with E-state index in [4.69, 9.17) is 9.97 Å². The van der Waals surface area contributed by atoms with Gasteiger partial charge in [-0.3, -0.25) is 9.97 Å². The molecule has 0 atom stereocenters. The van der Waals surface area contributed by atoms with Gasteiger partial charge in [-0.25, -0.2) is 0 Å². The summed E-state index contributed by atoms with van der Waals surface area (Å²) in [5.41, 5.74) is 11.2. The van der Waals surface area contributed by atoms with Crippen LogP contribution < -0.4 is 0 Å². The minimum Gasteiger partial charge on any atom is -0.252 e. The number of hydrogen-bond donors (Lipinski definition) is 0. The predicted molar refractivity (Wildman–Crippen MR) is 161 cm³/mol. The second-order valence-electron chi connectivity index (χ2n) is 14.2. The van der Waals surface area contributed by atoms with Crippen LogP contribution in [-0.4, -0.2) is 9.97 Å². The Labute approximate surface area is 229 Å². The third-order valence-electron chi connectivity index (χ3n) is 8.41. The number of fused-ring (bicyclic) bond motifs is 10. The second-order valence-corrected chi connectivity index (χ2v) is 14.2. The van der Waals surface area contributed by atoms with E-state index in [2.05, 4.69) is 142 Å². The van der Waals surface area contributed by atoms with Crippen molar-refractivity contribution >= 4 is 0 Å². The Morgan fingerprint density at radius 2 is 0.895 bits per heavy atom. The van der Waals surface area contributed by atoms with E-state index in [1.807, 2.05) is 0 Å². The van der Waals surface area contributed by atoms with Gasteiger partial charge in [0.1, 0.15) is 0 Å². The molecule has 196 valence electrons. The molecule has 0 saturated heterocycles. The van der Waals surface area contributed by atoms with Crippen LogP contribution in [0.2, 0.25) is 0 Å². The van der Waals surface area contributed by atoms with Gasteiger partial charge in [-0.15, -0.1) is 0 Å².